The van der Waals surface area contributed by atoms with E-state index in [1.165, 1.54) is 30.4 Å². The van der Waals surface area contributed by atoms with E-state index >= 15 is 0 Å². The van der Waals surface area contributed by atoms with Crippen molar-refractivity contribution in [2.45, 2.75) is 0 Å². The number of carbonyl (C=O) groups is 1. The van der Waals surface area contributed by atoms with E-state index in [-0.39, 0.29) is 17.6 Å². The first kappa shape index (κ1) is 17.8. The summed E-state index contributed by atoms with van der Waals surface area (Å²) in [7, 11) is 1.57. The summed E-state index contributed by atoms with van der Waals surface area (Å²) < 4.78 is 10.5. The Morgan fingerprint density at radius 3 is 2.70 bits per heavy atom. The van der Waals surface area contributed by atoms with Gasteiger partial charge in [0.2, 0.25) is 5.89 Å². The van der Waals surface area contributed by atoms with Gasteiger partial charge in [-0.25, -0.2) is 0 Å². The smallest absolute Gasteiger partial charge is 0.322 e. The number of ether oxygens (including phenoxy) is 1. The van der Waals surface area contributed by atoms with Crippen molar-refractivity contribution in [2.75, 3.05) is 12.4 Å². The number of nitro groups is 1. The molecule has 1 amide bonds. The molecule has 0 radical (unpaired) electrons. The molecule has 2 aromatic carbocycles. The van der Waals surface area contributed by atoms with Gasteiger partial charge in [-0.05, 0) is 35.9 Å². The molecule has 0 saturated carbocycles. The molecule has 3 aromatic rings. The quantitative estimate of drug-likeness (QED) is 0.403. The van der Waals surface area contributed by atoms with Crippen LogP contribution in [-0.2, 0) is 4.79 Å². The molecule has 0 aliphatic carbocycles. The summed E-state index contributed by atoms with van der Waals surface area (Å²) in [5.41, 5.74) is 1.14. The van der Waals surface area contributed by atoms with Crippen LogP contribution in [0.2, 0.25) is 0 Å². The van der Waals surface area contributed by atoms with Gasteiger partial charge >= 0.3 is 6.01 Å². The molecule has 0 aliphatic heterocycles. The molecule has 0 saturated heterocycles. The van der Waals surface area contributed by atoms with Crippen molar-refractivity contribution in [3.8, 4) is 17.2 Å². The number of benzene rings is 2. The van der Waals surface area contributed by atoms with Gasteiger partial charge in [0.05, 0.1) is 12.0 Å². The molecule has 136 valence electrons. The van der Waals surface area contributed by atoms with Gasteiger partial charge in [0.25, 0.3) is 11.6 Å². The molecular formula is C18H14N4O5. The standard InChI is InChI=1S/C18H14N4O5/c1-26-15-8-6-13(7-9-15)17-20-21-18(27-17)19-16(23)10-5-12-3-2-4-14(11-12)22(24)25/h2-11H,1H3,(H,19,21,23). The van der Waals surface area contributed by atoms with Gasteiger partial charge < -0.3 is 9.15 Å². The van der Waals surface area contributed by atoms with E-state index in [1.54, 1.807) is 37.4 Å². The van der Waals surface area contributed by atoms with Crippen molar-refractivity contribution >= 4 is 23.7 Å². The number of methoxy groups -OCH3 is 1. The molecule has 0 fully saturated rings. The summed E-state index contributed by atoms with van der Waals surface area (Å²) >= 11 is 0. The normalized spacial score (nSPS) is 10.7. The first-order valence-corrected chi connectivity index (χ1v) is 7.76. The van der Waals surface area contributed by atoms with E-state index in [9.17, 15) is 14.9 Å². The number of carbonyl (C=O) groups excluding carboxylic acids is 1. The predicted molar refractivity (Wildman–Crippen MR) is 97.0 cm³/mol. The average molecular weight is 366 g/mol. The SMILES string of the molecule is COc1ccc(-c2nnc(NC(=O)C=Cc3cccc([N+](=O)[O-])c3)o2)cc1. The number of hydrogen-bond donors (Lipinski definition) is 1. The zero-order valence-corrected chi connectivity index (χ0v) is 14.2. The van der Waals surface area contributed by atoms with E-state index in [0.29, 0.717) is 16.9 Å². The third-order valence-electron chi connectivity index (χ3n) is 3.50. The van der Waals surface area contributed by atoms with E-state index in [2.05, 4.69) is 15.5 Å². The van der Waals surface area contributed by atoms with Crippen LogP contribution in [0, 0.1) is 10.1 Å². The Morgan fingerprint density at radius 1 is 1.22 bits per heavy atom. The topological polar surface area (TPSA) is 120 Å². The van der Waals surface area contributed by atoms with E-state index < -0.39 is 10.8 Å². The number of amides is 1. The van der Waals surface area contributed by atoms with Crippen LogP contribution >= 0.6 is 0 Å². The second-order valence-corrected chi connectivity index (χ2v) is 5.32. The van der Waals surface area contributed by atoms with Crippen molar-refractivity contribution < 1.29 is 18.9 Å². The Kier molecular flexibility index (Phi) is 5.22. The highest BCUT2D eigenvalue weighted by molar-refractivity contribution is 6.00. The zero-order valence-electron chi connectivity index (χ0n) is 14.2. The Labute approximate surface area is 153 Å². The number of nitro benzene ring substituents is 1. The van der Waals surface area contributed by atoms with Crippen LogP contribution in [0.3, 0.4) is 0 Å². The number of anilines is 1. The first-order chi connectivity index (χ1) is 13.0. The molecule has 0 bridgehead atoms. The Hall–Kier alpha value is -4.01. The van der Waals surface area contributed by atoms with Gasteiger partial charge in [-0.15, -0.1) is 5.10 Å². The summed E-state index contributed by atoms with van der Waals surface area (Å²) in [5, 5.41) is 20.8. The van der Waals surface area contributed by atoms with Gasteiger partial charge in [-0.3, -0.25) is 20.2 Å². The zero-order chi connectivity index (χ0) is 19.2. The molecule has 0 aliphatic rings. The fraction of sp³-hybridized carbons (Fsp3) is 0.0556. The molecule has 1 heterocycles. The van der Waals surface area contributed by atoms with Crippen LogP contribution in [0.25, 0.3) is 17.5 Å². The minimum atomic E-state index is -0.508. The summed E-state index contributed by atoms with van der Waals surface area (Å²) in [6.45, 7) is 0. The lowest BCUT2D eigenvalue weighted by Crippen LogP contribution is -2.07. The highest BCUT2D eigenvalue weighted by Crippen LogP contribution is 2.22. The van der Waals surface area contributed by atoms with Gasteiger partial charge in [0.15, 0.2) is 0 Å². The lowest BCUT2D eigenvalue weighted by atomic mass is 10.2. The van der Waals surface area contributed by atoms with Crippen molar-refractivity contribution in [1.29, 1.82) is 0 Å². The Bertz CT molecular complexity index is 995. The lowest BCUT2D eigenvalue weighted by molar-refractivity contribution is -0.384. The van der Waals surface area contributed by atoms with E-state index in [1.807, 2.05) is 0 Å². The fourth-order valence-electron chi connectivity index (χ4n) is 2.18. The molecule has 27 heavy (non-hydrogen) atoms. The molecule has 0 unspecified atom stereocenters. The second-order valence-electron chi connectivity index (χ2n) is 5.32. The molecule has 1 aromatic heterocycles. The maximum absolute atomic E-state index is 12.0. The highest BCUT2D eigenvalue weighted by atomic mass is 16.6. The van der Waals surface area contributed by atoms with Gasteiger partial charge in [-0.1, -0.05) is 17.2 Å². The van der Waals surface area contributed by atoms with Crippen LogP contribution in [0.4, 0.5) is 11.7 Å². The van der Waals surface area contributed by atoms with Crippen molar-refractivity contribution in [2.24, 2.45) is 0 Å². The summed E-state index contributed by atoms with van der Waals surface area (Å²) in [4.78, 5) is 22.2. The monoisotopic (exact) mass is 366 g/mol. The average Bonchev–Trinajstić information content (AvgIpc) is 3.15. The molecule has 0 atom stereocenters. The van der Waals surface area contributed by atoms with Crippen molar-refractivity contribution in [1.82, 2.24) is 10.2 Å². The van der Waals surface area contributed by atoms with Crippen LogP contribution in [-0.4, -0.2) is 28.1 Å². The van der Waals surface area contributed by atoms with Crippen LogP contribution in [0.15, 0.2) is 59.0 Å². The largest absolute Gasteiger partial charge is 0.497 e. The first-order valence-electron chi connectivity index (χ1n) is 7.76. The summed E-state index contributed by atoms with van der Waals surface area (Å²) in [6.07, 6.45) is 2.67. The number of hydrogen-bond acceptors (Lipinski definition) is 7. The number of non-ortho nitro benzene ring substituents is 1. The predicted octanol–water partition coefficient (Wildman–Crippen LogP) is 3.31. The molecule has 9 nitrogen and oxygen atoms in total. The molecular weight excluding hydrogens is 352 g/mol. The van der Waals surface area contributed by atoms with Gasteiger partial charge in [0, 0.05) is 23.8 Å². The third kappa shape index (κ3) is 4.54. The number of nitrogens with zero attached hydrogens (tertiary/aromatic N) is 3. The molecule has 0 spiro atoms. The van der Waals surface area contributed by atoms with Gasteiger partial charge in [0.1, 0.15) is 5.75 Å². The number of rotatable bonds is 6. The van der Waals surface area contributed by atoms with E-state index in [4.69, 9.17) is 9.15 Å². The van der Waals surface area contributed by atoms with E-state index in [0.717, 1.165) is 0 Å². The number of aromatic nitrogens is 2. The lowest BCUT2D eigenvalue weighted by Gasteiger charge is -1.99. The number of nitrogens with one attached hydrogen (secondary N) is 1. The summed E-state index contributed by atoms with van der Waals surface area (Å²) in [6, 6.07) is 12.9. The van der Waals surface area contributed by atoms with Crippen LogP contribution < -0.4 is 10.1 Å². The highest BCUT2D eigenvalue weighted by Gasteiger charge is 2.10. The third-order valence-corrected chi connectivity index (χ3v) is 3.50. The van der Waals surface area contributed by atoms with Crippen molar-refractivity contribution in [3.63, 3.8) is 0 Å². The second kappa shape index (κ2) is 7.91. The summed E-state index contributed by atoms with van der Waals surface area (Å²) in [5.74, 6) is 0.431. The maximum Gasteiger partial charge on any atom is 0.322 e. The van der Waals surface area contributed by atoms with Crippen LogP contribution in [0.5, 0.6) is 5.75 Å². The Morgan fingerprint density at radius 2 is 2.00 bits per heavy atom. The van der Waals surface area contributed by atoms with Crippen molar-refractivity contribution in [3.05, 3.63) is 70.3 Å². The minimum Gasteiger partial charge on any atom is -0.497 e. The molecule has 9 heteroatoms. The van der Waals surface area contributed by atoms with Crippen LogP contribution in [0.1, 0.15) is 5.56 Å². The molecule has 1 N–H and O–H groups in total. The Balaban J connectivity index is 1.65. The minimum absolute atomic E-state index is 0.0569. The maximum atomic E-state index is 12.0. The van der Waals surface area contributed by atoms with Gasteiger partial charge in [-0.2, -0.15) is 0 Å². The molecule has 3 rings (SSSR count). The fourth-order valence-corrected chi connectivity index (χ4v) is 2.18.